The molecule has 15 nitrogen and oxygen atoms in total. The van der Waals surface area contributed by atoms with Gasteiger partial charge in [0.1, 0.15) is 55.4 Å². The highest BCUT2D eigenvalue weighted by Gasteiger charge is 2.47. The Balaban J connectivity index is 1.81. The van der Waals surface area contributed by atoms with E-state index in [1.807, 2.05) is 6.92 Å². The Morgan fingerprint density at radius 1 is 0.635 bits per heavy atom. The third-order valence-corrected chi connectivity index (χ3v) is 8.60. The van der Waals surface area contributed by atoms with E-state index in [9.17, 15) is 45.3 Å². The van der Waals surface area contributed by atoms with Gasteiger partial charge in [-0.3, -0.25) is 9.59 Å². The Bertz CT molecular complexity index is 1070. The van der Waals surface area contributed by atoms with Crippen molar-refractivity contribution >= 4 is 11.9 Å². The van der Waals surface area contributed by atoms with Gasteiger partial charge in [-0.25, -0.2) is 0 Å². The van der Waals surface area contributed by atoms with Gasteiger partial charge in [-0.05, 0) is 44.9 Å². The van der Waals surface area contributed by atoms with Gasteiger partial charge in [-0.15, -0.1) is 0 Å². The third-order valence-electron chi connectivity index (χ3n) is 8.60. The fourth-order valence-electron chi connectivity index (χ4n) is 5.50. The van der Waals surface area contributed by atoms with Gasteiger partial charge in [-0.1, -0.05) is 69.6 Å². The molecule has 7 N–H and O–H groups in total. The number of unbranched alkanes of at least 4 members (excludes halogenated alkanes) is 5. The molecule has 52 heavy (non-hydrogen) atoms. The second kappa shape index (κ2) is 26.5. The summed E-state index contributed by atoms with van der Waals surface area (Å²) >= 11 is 0. The van der Waals surface area contributed by atoms with E-state index in [2.05, 4.69) is 43.4 Å². The molecule has 0 saturated carbocycles. The third kappa shape index (κ3) is 16.8. The Hall–Kier alpha value is -2.28. The number of allylic oxidation sites excluding steroid dienone is 6. The van der Waals surface area contributed by atoms with Crippen LogP contribution in [0.2, 0.25) is 0 Å². The summed E-state index contributed by atoms with van der Waals surface area (Å²) < 4.78 is 32.8. The number of hydrogen-bond acceptors (Lipinski definition) is 15. The molecule has 0 bridgehead atoms. The molecule has 0 amide bonds. The molecule has 2 heterocycles. The van der Waals surface area contributed by atoms with Crippen molar-refractivity contribution in [2.24, 2.45) is 0 Å². The molecule has 15 heteroatoms. The first-order valence-corrected chi connectivity index (χ1v) is 18.6. The van der Waals surface area contributed by atoms with E-state index in [0.717, 1.165) is 51.4 Å². The van der Waals surface area contributed by atoms with Crippen molar-refractivity contribution in [1.29, 1.82) is 0 Å². The number of rotatable bonds is 25. The van der Waals surface area contributed by atoms with Gasteiger partial charge >= 0.3 is 11.9 Å². The maximum Gasteiger partial charge on any atom is 0.306 e. The van der Waals surface area contributed by atoms with Crippen molar-refractivity contribution in [3.05, 3.63) is 36.5 Å². The lowest BCUT2D eigenvalue weighted by Crippen LogP contribution is -2.61. The van der Waals surface area contributed by atoms with Crippen molar-refractivity contribution in [1.82, 2.24) is 0 Å². The monoisotopic (exact) mass is 746 g/mol. The highest BCUT2D eigenvalue weighted by molar-refractivity contribution is 5.70. The van der Waals surface area contributed by atoms with Crippen molar-refractivity contribution in [2.75, 3.05) is 26.4 Å². The van der Waals surface area contributed by atoms with Gasteiger partial charge in [0.05, 0.1) is 19.8 Å². The van der Waals surface area contributed by atoms with Gasteiger partial charge in [0, 0.05) is 12.8 Å². The fraction of sp³-hybridized carbons (Fsp3) is 0.784. The molecule has 0 aromatic heterocycles. The van der Waals surface area contributed by atoms with Gasteiger partial charge < -0.3 is 64.2 Å². The second-order valence-corrected chi connectivity index (χ2v) is 13.0. The lowest BCUT2D eigenvalue weighted by Gasteiger charge is -2.42. The number of ether oxygens (including phenoxy) is 6. The topological polar surface area (TPSA) is 231 Å². The summed E-state index contributed by atoms with van der Waals surface area (Å²) in [6, 6.07) is 0. The number of carbonyl (C=O) groups is 2. The van der Waals surface area contributed by atoms with Crippen LogP contribution in [-0.4, -0.2) is 142 Å². The summed E-state index contributed by atoms with van der Waals surface area (Å²) in [5.41, 5.74) is 0. The summed E-state index contributed by atoms with van der Waals surface area (Å²) in [6.07, 6.45) is 5.44. The smallest absolute Gasteiger partial charge is 0.306 e. The molecule has 2 saturated heterocycles. The van der Waals surface area contributed by atoms with Crippen LogP contribution < -0.4 is 0 Å². The van der Waals surface area contributed by atoms with E-state index < -0.39 is 99.3 Å². The molecule has 0 aromatic rings. The van der Waals surface area contributed by atoms with Crippen LogP contribution in [0.15, 0.2) is 36.5 Å². The quantitative estimate of drug-likeness (QED) is 0.0399. The molecule has 0 radical (unpaired) electrons. The van der Waals surface area contributed by atoms with E-state index in [1.54, 1.807) is 0 Å². The molecule has 2 rings (SSSR count). The Kier molecular flexibility index (Phi) is 23.4. The predicted molar refractivity (Wildman–Crippen MR) is 187 cm³/mol. The van der Waals surface area contributed by atoms with Crippen LogP contribution in [0.25, 0.3) is 0 Å². The largest absolute Gasteiger partial charge is 0.462 e. The van der Waals surface area contributed by atoms with E-state index in [4.69, 9.17) is 28.4 Å². The SMILES string of the molecule is CC/C=C\C/C=C\C/C=C\CCCCCCCC(=O)OC(COC(=O)CCC)COC1OC(COC2OC(CO)C(O)C(O)C2O)C(O)C(O)C1O. The van der Waals surface area contributed by atoms with E-state index in [1.165, 1.54) is 0 Å². The zero-order chi connectivity index (χ0) is 38.3. The van der Waals surface area contributed by atoms with Crippen molar-refractivity contribution in [2.45, 2.75) is 158 Å². The van der Waals surface area contributed by atoms with Crippen LogP contribution in [0.5, 0.6) is 0 Å². The van der Waals surface area contributed by atoms with Gasteiger partial charge in [0.15, 0.2) is 18.7 Å². The normalized spacial score (nSPS) is 30.3. The number of hydrogen-bond donors (Lipinski definition) is 7. The average Bonchev–Trinajstić information content (AvgIpc) is 3.13. The number of aliphatic hydroxyl groups is 7. The van der Waals surface area contributed by atoms with Crippen molar-refractivity contribution < 1.29 is 73.8 Å². The molecule has 11 atom stereocenters. The molecule has 0 aromatic carbocycles. The van der Waals surface area contributed by atoms with E-state index in [-0.39, 0.29) is 19.4 Å². The summed E-state index contributed by atoms with van der Waals surface area (Å²) in [4.78, 5) is 24.7. The average molecular weight is 747 g/mol. The molecule has 0 spiro atoms. The number of aliphatic hydroxyl groups excluding tert-OH is 7. The van der Waals surface area contributed by atoms with Crippen LogP contribution in [0.1, 0.15) is 90.9 Å². The summed E-state index contributed by atoms with van der Waals surface area (Å²) in [5, 5.41) is 71.1. The molecule has 0 aliphatic carbocycles. The van der Waals surface area contributed by atoms with Crippen molar-refractivity contribution in [3.8, 4) is 0 Å². The lowest BCUT2D eigenvalue weighted by atomic mass is 9.98. The number of carbonyl (C=O) groups excluding carboxylic acids is 2. The van der Waals surface area contributed by atoms with Crippen molar-refractivity contribution in [3.63, 3.8) is 0 Å². The van der Waals surface area contributed by atoms with Crippen LogP contribution in [-0.2, 0) is 38.0 Å². The zero-order valence-electron chi connectivity index (χ0n) is 30.5. The Morgan fingerprint density at radius 2 is 1.21 bits per heavy atom. The Labute approximate surface area is 306 Å². The van der Waals surface area contributed by atoms with Crippen LogP contribution in [0, 0.1) is 0 Å². The molecule has 2 fully saturated rings. The highest BCUT2D eigenvalue weighted by atomic mass is 16.7. The zero-order valence-corrected chi connectivity index (χ0v) is 30.5. The van der Waals surface area contributed by atoms with Gasteiger partial charge in [0.2, 0.25) is 0 Å². The van der Waals surface area contributed by atoms with E-state index in [0.29, 0.717) is 12.8 Å². The molecule has 2 aliphatic rings. The van der Waals surface area contributed by atoms with Gasteiger partial charge in [0.25, 0.3) is 0 Å². The Morgan fingerprint density at radius 3 is 1.87 bits per heavy atom. The predicted octanol–water partition coefficient (Wildman–Crippen LogP) is 1.47. The minimum Gasteiger partial charge on any atom is -0.462 e. The minimum atomic E-state index is -1.76. The molecular formula is C37H62O15. The summed E-state index contributed by atoms with van der Waals surface area (Å²) in [5.74, 6) is -1.01. The highest BCUT2D eigenvalue weighted by Crippen LogP contribution is 2.26. The first-order chi connectivity index (χ1) is 25.0. The second-order valence-electron chi connectivity index (χ2n) is 13.0. The van der Waals surface area contributed by atoms with Crippen LogP contribution in [0.3, 0.4) is 0 Å². The van der Waals surface area contributed by atoms with Crippen LogP contribution in [0.4, 0.5) is 0 Å². The molecular weight excluding hydrogens is 684 g/mol. The van der Waals surface area contributed by atoms with Gasteiger partial charge in [-0.2, -0.15) is 0 Å². The number of esters is 2. The molecule has 2 aliphatic heterocycles. The minimum absolute atomic E-state index is 0.143. The lowest BCUT2D eigenvalue weighted by molar-refractivity contribution is -0.332. The molecule has 300 valence electrons. The first kappa shape index (κ1) is 45.9. The maximum atomic E-state index is 12.7. The maximum absolute atomic E-state index is 12.7. The molecule has 11 unspecified atom stereocenters. The standard InChI is InChI=1S/C37H62O15/c1-3-5-6-7-8-9-10-11-12-13-14-15-16-17-18-20-29(40)50-25(22-47-28(39)19-4-2)23-48-36-35(46)33(44)31(42)27(52-36)24-49-37-34(45)32(43)30(41)26(21-38)51-37/h5-6,8-9,11-12,25-27,30-38,41-46H,3-4,7,10,13-24H2,1-2H3/b6-5-,9-8-,12-11-. The summed E-state index contributed by atoms with van der Waals surface area (Å²) in [7, 11) is 0. The first-order valence-electron chi connectivity index (χ1n) is 18.6. The van der Waals surface area contributed by atoms with Crippen LogP contribution >= 0.6 is 0 Å². The fourth-order valence-corrected chi connectivity index (χ4v) is 5.50. The van der Waals surface area contributed by atoms with E-state index >= 15 is 0 Å². The summed E-state index contributed by atoms with van der Waals surface area (Å²) in [6.45, 7) is 2.00.